The largest absolute Gasteiger partial charge is 0.545 e. The van der Waals surface area contributed by atoms with Gasteiger partial charge in [0.25, 0.3) is 0 Å². The molecule has 0 bridgehead atoms. The van der Waals surface area contributed by atoms with Crippen LogP contribution in [-0.4, -0.2) is 37.6 Å². The van der Waals surface area contributed by atoms with Crippen LogP contribution in [0, 0.1) is 11.6 Å². The fourth-order valence-electron chi connectivity index (χ4n) is 2.29. The van der Waals surface area contributed by atoms with Crippen molar-refractivity contribution in [2.75, 3.05) is 31.1 Å². The number of hydrogen-bond donors (Lipinski definition) is 1. The molecule has 1 heterocycles. The van der Waals surface area contributed by atoms with E-state index in [-0.39, 0.29) is 11.3 Å². The van der Waals surface area contributed by atoms with Crippen LogP contribution in [0.15, 0.2) is 48.5 Å². The Morgan fingerprint density at radius 3 is 2.08 bits per heavy atom. The Labute approximate surface area is 138 Å². The number of benzene rings is 2. The van der Waals surface area contributed by atoms with E-state index in [2.05, 4.69) is 10.2 Å². The highest BCUT2D eigenvalue weighted by Crippen LogP contribution is 2.13. The first-order valence-corrected chi connectivity index (χ1v) is 7.36. The number of carboxylic acids is 1. The average molecular weight is 338 g/mol. The summed E-state index contributed by atoms with van der Waals surface area (Å²) < 4.78 is 25.0. The third-order valence-corrected chi connectivity index (χ3v) is 3.49. The average Bonchev–Trinajstić information content (AvgIpc) is 2.57. The zero-order chi connectivity index (χ0) is 16.7. The number of carbonyl (C=O) groups is 1. The molecule has 1 aliphatic rings. The van der Waals surface area contributed by atoms with Gasteiger partial charge in [-0.25, -0.2) is 8.78 Å². The second-order valence-corrected chi connectivity index (χ2v) is 5.10. The lowest BCUT2D eigenvalue weighted by Crippen LogP contribution is -2.89. The molecule has 24 heavy (non-hydrogen) atoms. The number of nitrogens with two attached hydrogens (primary N) is 1. The summed E-state index contributed by atoms with van der Waals surface area (Å²) in [5, 5.41) is 12.4. The minimum atomic E-state index is -1.49. The molecule has 1 aliphatic heterocycles. The number of rotatable bonds is 2. The highest BCUT2D eigenvalue weighted by Gasteiger charge is 2.11. The molecule has 130 valence electrons. The number of hydrogen-bond acceptors (Lipinski definition) is 3. The Hall–Kier alpha value is -2.51. The van der Waals surface area contributed by atoms with Crippen LogP contribution in [0.5, 0.6) is 0 Å². The van der Waals surface area contributed by atoms with E-state index >= 15 is 0 Å². The summed E-state index contributed by atoms with van der Waals surface area (Å²) >= 11 is 0. The van der Waals surface area contributed by atoms with E-state index in [1.165, 1.54) is 24.3 Å². The zero-order valence-corrected chi connectivity index (χ0v) is 13.0. The van der Waals surface area contributed by atoms with Crippen LogP contribution in [0.2, 0.25) is 0 Å². The minimum absolute atomic E-state index is 0. The molecule has 4 N–H and O–H groups in total. The van der Waals surface area contributed by atoms with E-state index < -0.39 is 17.3 Å². The lowest BCUT2D eigenvalue weighted by Gasteiger charge is -2.27. The SMILES string of the molecule is Fc1ccc(N2CC[NH2+]CC2)cc1.O.O=C([O-])c1ccccc1F. The van der Waals surface area contributed by atoms with E-state index in [1.54, 1.807) is 0 Å². The number of carboxylic acid groups (broad SMARTS) is 1. The maximum atomic E-state index is 12.6. The standard InChI is InChI=1S/C10H13FN2.C7H5FO2.H2O/c11-9-1-3-10(4-2-9)13-7-5-12-6-8-13;8-6-4-2-1-3-5(6)7(9)10;/h1-4,12H,5-8H2;1-4H,(H,9,10);1H2. The van der Waals surface area contributed by atoms with E-state index in [0.717, 1.165) is 44.0 Å². The molecule has 0 atom stereocenters. The van der Waals surface area contributed by atoms with Gasteiger partial charge in [0.05, 0.1) is 32.1 Å². The number of quaternary nitrogens is 1. The molecule has 0 aromatic heterocycles. The van der Waals surface area contributed by atoms with Crippen molar-refractivity contribution in [2.24, 2.45) is 0 Å². The van der Waals surface area contributed by atoms with E-state index in [9.17, 15) is 18.7 Å². The van der Waals surface area contributed by atoms with Gasteiger partial charge in [0, 0.05) is 11.3 Å². The summed E-state index contributed by atoms with van der Waals surface area (Å²) in [4.78, 5) is 12.4. The number of anilines is 1. The molecule has 0 saturated carbocycles. The summed E-state index contributed by atoms with van der Waals surface area (Å²) in [5.74, 6) is -2.41. The third kappa shape index (κ3) is 5.60. The van der Waals surface area contributed by atoms with E-state index in [0.29, 0.717) is 0 Å². The Bertz CT molecular complexity index is 645. The molecule has 0 radical (unpaired) electrons. The fraction of sp³-hybridized carbons (Fsp3) is 0.235. The van der Waals surface area contributed by atoms with Gasteiger partial charge in [-0.05, 0) is 30.3 Å². The molecule has 5 nitrogen and oxygen atoms in total. The molecule has 0 amide bonds. The van der Waals surface area contributed by atoms with Gasteiger partial charge in [-0.15, -0.1) is 0 Å². The molecule has 0 aliphatic carbocycles. The predicted molar refractivity (Wildman–Crippen MR) is 84.6 cm³/mol. The Kier molecular flexibility index (Phi) is 7.81. The third-order valence-electron chi connectivity index (χ3n) is 3.49. The predicted octanol–water partition coefficient (Wildman–Crippen LogP) is -0.426. The van der Waals surface area contributed by atoms with Crippen molar-refractivity contribution < 1.29 is 29.5 Å². The minimum Gasteiger partial charge on any atom is -0.545 e. The van der Waals surface area contributed by atoms with E-state index in [4.69, 9.17) is 0 Å². The van der Waals surface area contributed by atoms with Crippen LogP contribution >= 0.6 is 0 Å². The van der Waals surface area contributed by atoms with Crippen molar-refractivity contribution >= 4 is 11.7 Å². The Balaban J connectivity index is 0.000000238. The van der Waals surface area contributed by atoms with Crippen molar-refractivity contribution in [1.82, 2.24) is 0 Å². The van der Waals surface area contributed by atoms with Crippen LogP contribution in [0.4, 0.5) is 14.5 Å². The first kappa shape index (κ1) is 19.5. The lowest BCUT2D eigenvalue weighted by atomic mass is 10.2. The van der Waals surface area contributed by atoms with Crippen LogP contribution in [-0.2, 0) is 0 Å². The summed E-state index contributed by atoms with van der Waals surface area (Å²) in [6.07, 6.45) is 0. The number of nitrogens with zero attached hydrogens (tertiary/aromatic N) is 1. The second-order valence-electron chi connectivity index (χ2n) is 5.10. The number of carbonyl (C=O) groups excluding carboxylic acids is 1. The molecule has 1 saturated heterocycles. The summed E-state index contributed by atoms with van der Waals surface area (Å²) in [6.45, 7) is 4.39. The zero-order valence-electron chi connectivity index (χ0n) is 13.0. The van der Waals surface area contributed by atoms with Crippen LogP contribution in [0.3, 0.4) is 0 Å². The molecular weight excluding hydrogens is 318 g/mol. The number of piperazine rings is 1. The smallest absolute Gasteiger partial charge is 0.132 e. The fourth-order valence-corrected chi connectivity index (χ4v) is 2.29. The summed E-state index contributed by atoms with van der Waals surface area (Å²) in [7, 11) is 0. The summed E-state index contributed by atoms with van der Waals surface area (Å²) in [6, 6.07) is 11.8. The highest BCUT2D eigenvalue weighted by atomic mass is 19.1. The number of halogens is 2. The molecule has 2 aromatic carbocycles. The van der Waals surface area contributed by atoms with Gasteiger partial charge in [0.1, 0.15) is 11.6 Å². The monoisotopic (exact) mass is 338 g/mol. The first-order valence-electron chi connectivity index (χ1n) is 7.36. The van der Waals surface area contributed by atoms with Gasteiger partial charge in [0.2, 0.25) is 0 Å². The Morgan fingerprint density at radius 2 is 1.58 bits per heavy atom. The van der Waals surface area contributed by atoms with Gasteiger partial charge in [-0.3, -0.25) is 0 Å². The molecule has 1 fully saturated rings. The van der Waals surface area contributed by atoms with Crippen molar-refractivity contribution in [2.45, 2.75) is 0 Å². The molecule has 0 unspecified atom stereocenters. The maximum absolute atomic E-state index is 12.6. The van der Waals surface area contributed by atoms with Crippen LogP contribution in [0.1, 0.15) is 10.4 Å². The van der Waals surface area contributed by atoms with Crippen LogP contribution in [0.25, 0.3) is 0 Å². The molecule has 2 aromatic rings. The molecular formula is C17H20F2N2O3. The normalized spacial score (nSPS) is 13.3. The second kappa shape index (κ2) is 9.59. The van der Waals surface area contributed by atoms with Crippen molar-refractivity contribution in [3.63, 3.8) is 0 Å². The van der Waals surface area contributed by atoms with Gasteiger partial charge >= 0.3 is 0 Å². The highest BCUT2D eigenvalue weighted by molar-refractivity contribution is 5.85. The number of aromatic carboxylic acids is 1. The van der Waals surface area contributed by atoms with Crippen LogP contribution < -0.4 is 15.3 Å². The first-order chi connectivity index (χ1) is 11.1. The maximum Gasteiger partial charge on any atom is 0.132 e. The molecule has 3 rings (SSSR count). The summed E-state index contributed by atoms with van der Waals surface area (Å²) in [5.41, 5.74) is 0.733. The van der Waals surface area contributed by atoms with Crippen molar-refractivity contribution in [1.29, 1.82) is 0 Å². The van der Waals surface area contributed by atoms with Gasteiger partial charge in [0.15, 0.2) is 0 Å². The topological polar surface area (TPSA) is 91.5 Å². The van der Waals surface area contributed by atoms with Crippen molar-refractivity contribution in [3.8, 4) is 0 Å². The lowest BCUT2D eigenvalue weighted by molar-refractivity contribution is -0.655. The van der Waals surface area contributed by atoms with E-state index in [1.807, 2.05) is 12.1 Å². The molecule has 7 heteroatoms. The van der Waals surface area contributed by atoms with Gasteiger partial charge in [-0.1, -0.05) is 18.2 Å². The van der Waals surface area contributed by atoms with Gasteiger partial charge < -0.3 is 25.6 Å². The molecule has 0 spiro atoms. The Morgan fingerprint density at radius 1 is 1.00 bits per heavy atom. The quantitative estimate of drug-likeness (QED) is 0.806. The van der Waals surface area contributed by atoms with Gasteiger partial charge in [-0.2, -0.15) is 0 Å². The van der Waals surface area contributed by atoms with Crippen molar-refractivity contribution in [3.05, 3.63) is 65.7 Å².